The number of unbranched alkanes of at least 4 members (excludes halogenated alkanes) is 2. The first kappa shape index (κ1) is 16.0. The van der Waals surface area contributed by atoms with Crippen molar-refractivity contribution in [1.82, 2.24) is 9.97 Å². The number of carbonyl (C=O) groups excluding carboxylic acids is 2. The second-order valence-corrected chi connectivity index (χ2v) is 6.50. The first-order valence-electron chi connectivity index (χ1n) is 7.11. The lowest BCUT2D eigenvalue weighted by Gasteiger charge is -1.99. The van der Waals surface area contributed by atoms with Crippen LogP contribution in [0.1, 0.15) is 55.9 Å². The average molecular weight is 322 g/mol. The van der Waals surface area contributed by atoms with Gasteiger partial charge in [0.05, 0.1) is 0 Å². The van der Waals surface area contributed by atoms with E-state index < -0.39 is 0 Å². The minimum absolute atomic E-state index is 0.0795. The second kappa shape index (κ2) is 8.14. The van der Waals surface area contributed by atoms with Gasteiger partial charge in [0, 0.05) is 36.2 Å². The van der Waals surface area contributed by atoms with E-state index in [9.17, 15) is 9.59 Å². The monoisotopic (exact) mass is 322 g/mol. The zero-order valence-electron chi connectivity index (χ0n) is 12.0. The molecule has 2 rings (SSSR count). The Kier molecular flexibility index (Phi) is 6.20. The van der Waals surface area contributed by atoms with E-state index in [1.807, 2.05) is 12.3 Å². The first-order chi connectivity index (χ1) is 10.2. The van der Waals surface area contributed by atoms with Crippen molar-refractivity contribution in [3.05, 3.63) is 22.7 Å². The van der Waals surface area contributed by atoms with Crippen LogP contribution in [-0.4, -0.2) is 21.5 Å². The van der Waals surface area contributed by atoms with E-state index in [1.54, 1.807) is 11.6 Å². The largest absolute Gasteiger partial charge is 0.300 e. The normalized spacial score (nSPS) is 10.7. The lowest BCUT2D eigenvalue weighted by Crippen LogP contribution is -2.00. The molecule has 6 heteroatoms. The Morgan fingerprint density at radius 1 is 1.10 bits per heavy atom. The Labute approximate surface area is 132 Å². The molecule has 0 saturated heterocycles. The summed E-state index contributed by atoms with van der Waals surface area (Å²) in [6, 6.07) is 0. The van der Waals surface area contributed by atoms with E-state index >= 15 is 0 Å². The summed E-state index contributed by atoms with van der Waals surface area (Å²) in [6.45, 7) is 1.88. The van der Waals surface area contributed by atoms with E-state index in [0.717, 1.165) is 29.3 Å². The molecule has 4 nitrogen and oxygen atoms in total. The van der Waals surface area contributed by atoms with E-state index in [2.05, 4.69) is 9.97 Å². The number of Topliss-reactive ketones (excluding diaryl/α,β-unsaturated/α-hetero) is 2. The third-order valence-electron chi connectivity index (χ3n) is 3.16. The molecular weight excluding hydrogens is 304 g/mol. The van der Waals surface area contributed by atoms with Crippen LogP contribution in [0, 0.1) is 0 Å². The van der Waals surface area contributed by atoms with E-state index in [0.29, 0.717) is 30.7 Å². The van der Waals surface area contributed by atoms with Crippen LogP contribution in [0.3, 0.4) is 0 Å². The Morgan fingerprint density at radius 3 is 2.62 bits per heavy atom. The quantitative estimate of drug-likeness (QED) is 0.508. The van der Waals surface area contributed by atoms with Crippen molar-refractivity contribution in [1.29, 1.82) is 0 Å². The van der Waals surface area contributed by atoms with E-state index in [-0.39, 0.29) is 5.78 Å². The van der Waals surface area contributed by atoms with E-state index in [1.165, 1.54) is 22.7 Å². The third-order valence-corrected chi connectivity index (χ3v) is 4.92. The predicted octanol–water partition coefficient (Wildman–Crippen LogP) is 4.38. The van der Waals surface area contributed by atoms with Crippen LogP contribution in [0.25, 0.3) is 10.0 Å². The highest BCUT2D eigenvalue weighted by atomic mass is 32.1. The summed E-state index contributed by atoms with van der Waals surface area (Å²) < 4.78 is 0. The maximum atomic E-state index is 12.0. The van der Waals surface area contributed by atoms with Gasteiger partial charge in [-0.1, -0.05) is 13.3 Å². The molecule has 0 N–H and O–H groups in total. The molecule has 112 valence electrons. The lowest BCUT2D eigenvalue weighted by molar-refractivity contribution is -0.118. The molecule has 2 heterocycles. The Morgan fingerprint density at radius 2 is 1.90 bits per heavy atom. The van der Waals surface area contributed by atoms with Gasteiger partial charge in [-0.3, -0.25) is 9.59 Å². The summed E-state index contributed by atoms with van der Waals surface area (Å²) in [5.41, 5.74) is 0.537. The van der Waals surface area contributed by atoms with Crippen molar-refractivity contribution < 1.29 is 9.59 Å². The fourth-order valence-corrected chi connectivity index (χ4v) is 3.44. The number of ketones is 2. The summed E-state index contributed by atoms with van der Waals surface area (Å²) in [7, 11) is 0. The van der Waals surface area contributed by atoms with Crippen molar-refractivity contribution in [2.24, 2.45) is 0 Å². The molecule has 0 atom stereocenters. The van der Waals surface area contributed by atoms with Crippen LogP contribution < -0.4 is 0 Å². The number of hydrogen-bond acceptors (Lipinski definition) is 6. The zero-order chi connectivity index (χ0) is 15.1. The minimum atomic E-state index is 0.0795. The summed E-state index contributed by atoms with van der Waals surface area (Å²) in [4.78, 5) is 31.8. The van der Waals surface area contributed by atoms with Gasteiger partial charge in [-0.15, -0.1) is 22.7 Å². The van der Waals surface area contributed by atoms with Crippen LogP contribution >= 0.6 is 22.7 Å². The van der Waals surface area contributed by atoms with Crippen molar-refractivity contribution in [3.8, 4) is 10.0 Å². The summed E-state index contributed by atoms with van der Waals surface area (Å²) in [5.74, 6) is 0.379. The van der Waals surface area contributed by atoms with Gasteiger partial charge in [0.15, 0.2) is 15.8 Å². The molecule has 0 aromatic carbocycles. The van der Waals surface area contributed by atoms with Gasteiger partial charge < -0.3 is 0 Å². The highest BCUT2D eigenvalue weighted by Crippen LogP contribution is 2.26. The smallest absolute Gasteiger partial charge is 0.182 e. The second-order valence-electron chi connectivity index (χ2n) is 4.75. The highest BCUT2D eigenvalue weighted by Gasteiger charge is 2.12. The van der Waals surface area contributed by atoms with Crippen LogP contribution in [0.4, 0.5) is 0 Å². The van der Waals surface area contributed by atoms with Crippen molar-refractivity contribution >= 4 is 34.2 Å². The maximum absolute atomic E-state index is 12.0. The van der Waals surface area contributed by atoms with Crippen molar-refractivity contribution in [2.45, 2.75) is 45.4 Å². The standard InChI is InChI=1S/C15H18N2O2S2/c1-2-11(18)6-4-3-5-7-13(19)12-10-21-15(17-12)14-16-8-9-20-14/h8-10H,2-7H2,1H3. The van der Waals surface area contributed by atoms with E-state index in [4.69, 9.17) is 0 Å². The molecule has 21 heavy (non-hydrogen) atoms. The average Bonchev–Trinajstić information content (AvgIpc) is 3.16. The number of thiazole rings is 2. The lowest BCUT2D eigenvalue weighted by atomic mass is 10.1. The van der Waals surface area contributed by atoms with Gasteiger partial charge in [-0.05, 0) is 12.8 Å². The zero-order valence-corrected chi connectivity index (χ0v) is 13.6. The molecule has 0 fully saturated rings. The topological polar surface area (TPSA) is 59.9 Å². The SMILES string of the molecule is CCC(=O)CCCCCC(=O)c1csc(-c2nccs2)n1. The molecule has 0 saturated carbocycles. The van der Waals surface area contributed by atoms with Crippen LogP contribution in [0.5, 0.6) is 0 Å². The molecule has 0 aliphatic rings. The number of hydrogen-bond donors (Lipinski definition) is 0. The molecule has 0 aliphatic heterocycles. The predicted molar refractivity (Wildman–Crippen MR) is 85.9 cm³/mol. The van der Waals surface area contributed by atoms with Crippen LogP contribution in [0.2, 0.25) is 0 Å². The van der Waals surface area contributed by atoms with Gasteiger partial charge in [-0.2, -0.15) is 0 Å². The van der Waals surface area contributed by atoms with Gasteiger partial charge in [0.25, 0.3) is 0 Å². The molecule has 0 bridgehead atoms. The fraction of sp³-hybridized carbons (Fsp3) is 0.467. The van der Waals surface area contributed by atoms with Gasteiger partial charge in [0.1, 0.15) is 11.5 Å². The number of nitrogens with zero attached hydrogens (tertiary/aromatic N) is 2. The molecule has 0 aliphatic carbocycles. The van der Waals surface area contributed by atoms with Gasteiger partial charge in [0.2, 0.25) is 0 Å². The van der Waals surface area contributed by atoms with Gasteiger partial charge in [-0.25, -0.2) is 9.97 Å². The Hall–Kier alpha value is -1.40. The fourth-order valence-electron chi connectivity index (χ4n) is 1.92. The number of rotatable bonds is 9. The summed E-state index contributed by atoms with van der Waals surface area (Å²) in [6.07, 6.45) is 6.09. The molecule has 2 aromatic rings. The number of carbonyl (C=O) groups is 2. The first-order valence-corrected chi connectivity index (χ1v) is 8.87. The minimum Gasteiger partial charge on any atom is -0.300 e. The highest BCUT2D eigenvalue weighted by molar-refractivity contribution is 7.19. The Balaban J connectivity index is 1.75. The van der Waals surface area contributed by atoms with Gasteiger partial charge >= 0.3 is 0 Å². The molecule has 0 unspecified atom stereocenters. The molecule has 0 radical (unpaired) electrons. The molecular formula is C15H18N2O2S2. The third kappa shape index (κ3) is 4.82. The van der Waals surface area contributed by atoms with Crippen LogP contribution in [0.15, 0.2) is 17.0 Å². The molecule has 0 amide bonds. The maximum Gasteiger partial charge on any atom is 0.182 e. The van der Waals surface area contributed by atoms with Crippen molar-refractivity contribution in [3.63, 3.8) is 0 Å². The Bertz CT molecular complexity index is 591. The summed E-state index contributed by atoms with van der Waals surface area (Å²) >= 11 is 2.98. The molecule has 0 spiro atoms. The van der Waals surface area contributed by atoms with Crippen molar-refractivity contribution in [2.75, 3.05) is 0 Å². The van der Waals surface area contributed by atoms with Crippen LogP contribution in [-0.2, 0) is 4.79 Å². The number of aromatic nitrogens is 2. The summed E-state index contributed by atoms with van der Waals surface area (Å²) in [5, 5.41) is 5.37. The molecule has 2 aromatic heterocycles.